The molecule has 1 N–H and O–H groups in total. The number of pyridine rings is 1. The molecule has 2 nitrogen and oxygen atoms in total. The van der Waals surface area contributed by atoms with Crippen LogP contribution in [0.5, 0.6) is 0 Å². The number of aromatic nitrogens is 1. The first kappa shape index (κ1) is 14.2. The molecule has 0 saturated carbocycles. The van der Waals surface area contributed by atoms with E-state index in [0.717, 1.165) is 19.4 Å². The van der Waals surface area contributed by atoms with E-state index in [0.29, 0.717) is 6.04 Å². The minimum atomic E-state index is 0.363. The topological polar surface area (TPSA) is 24.9 Å². The summed E-state index contributed by atoms with van der Waals surface area (Å²) in [6.07, 6.45) is 6.03. The zero-order valence-corrected chi connectivity index (χ0v) is 12.8. The van der Waals surface area contributed by atoms with E-state index in [-0.39, 0.29) is 0 Å². The number of hydrogen-bond donors (Lipinski definition) is 1. The monoisotopic (exact) mass is 274 g/mol. The number of hydrogen-bond acceptors (Lipinski definition) is 3. The van der Waals surface area contributed by atoms with Crippen LogP contribution >= 0.6 is 11.3 Å². The maximum Gasteiger partial charge on any atom is 0.0386 e. The Hall–Kier alpha value is -1.19. The molecule has 0 aliphatic rings. The highest BCUT2D eigenvalue weighted by atomic mass is 32.1. The summed E-state index contributed by atoms with van der Waals surface area (Å²) in [5, 5.41) is 3.58. The quantitative estimate of drug-likeness (QED) is 0.864. The van der Waals surface area contributed by atoms with Crippen molar-refractivity contribution in [3.8, 4) is 0 Å². The van der Waals surface area contributed by atoms with Gasteiger partial charge in [-0.1, -0.05) is 13.8 Å². The van der Waals surface area contributed by atoms with Crippen molar-refractivity contribution in [2.24, 2.45) is 0 Å². The second kappa shape index (κ2) is 6.83. The number of thiophene rings is 1. The first-order valence-corrected chi connectivity index (χ1v) is 7.77. The van der Waals surface area contributed by atoms with Crippen molar-refractivity contribution in [3.63, 3.8) is 0 Å². The Kier molecular flexibility index (Phi) is 5.11. The highest BCUT2D eigenvalue weighted by Crippen LogP contribution is 2.25. The van der Waals surface area contributed by atoms with E-state index in [1.165, 1.54) is 20.9 Å². The van der Waals surface area contributed by atoms with Gasteiger partial charge in [-0.05, 0) is 49.2 Å². The van der Waals surface area contributed by atoms with Gasteiger partial charge in [-0.25, -0.2) is 0 Å². The molecule has 0 spiro atoms. The van der Waals surface area contributed by atoms with E-state index in [1.807, 2.05) is 23.7 Å². The summed E-state index contributed by atoms with van der Waals surface area (Å²) in [5.41, 5.74) is 2.63. The van der Waals surface area contributed by atoms with Gasteiger partial charge < -0.3 is 5.32 Å². The van der Waals surface area contributed by atoms with E-state index >= 15 is 0 Å². The van der Waals surface area contributed by atoms with Gasteiger partial charge in [-0.3, -0.25) is 4.98 Å². The minimum absolute atomic E-state index is 0.363. The van der Waals surface area contributed by atoms with Crippen LogP contribution in [0, 0.1) is 6.92 Å². The lowest BCUT2D eigenvalue weighted by molar-refractivity contribution is 0.549. The molecule has 2 aromatic heterocycles. The highest BCUT2D eigenvalue weighted by Gasteiger charge is 2.14. The third-order valence-electron chi connectivity index (χ3n) is 3.38. The Morgan fingerprint density at radius 3 is 2.63 bits per heavy atom. The van der Waals surface area contributed by atoms with Crippen molar-refractivity contribution in [3.05, 3.63) is 51.5 Å². The van der Waals surface area contributed by atoms with Crippen LogP contribution in [-0.2, 0) is 12.8 Å². The van der Waals surface area contributed by atoms with Gasteiger partial charge >= 0.3 is 0 Å². The standard InChI is InChI=1S/C16H22N2S/c1-4-13-6-7-14(19-13)10-16(18-5-2)15-11-17-9-8-12(15)3/h6-9,11,16,18H,4-5,10H2,1-3H3. The van der Waals surface area contributed by atoms with Crippen LogP contribution in [0.3, 0.4) is 0 Å². The normalized spacial score (nSPS) is 12.6. The largest absolute Gasteiger partial charge is 0.310 e. The molecule has 0 amide bonds. The van der Waals surface area contributed by atoms with Gasteiger partial charge in [0.25, 0.3) is 0 Å². The summed E-state index contributed by atoms with van der Waals surface area (Å²) in [4.78, 5) is 7.19. The molecule has 2 rings (SSSR count). The van der Waals surface area contributed by atoms with E-state index in [2.05, 4.69) is 49.3 Å². The Morgan fingerprint density at radius 2 is 2.00 bits per heavy atom. The lowest BCUT2D eigenvalue weighted by Crippen LogP contribution is -2.23. The number of nitrogens with zero attached hydrogens (tertiary/aromatic N) is 1. The number of nitrogens with one attached hydrogen (secondary N) is 1. The van der Waals surface area contributed by atoms with Gasteiger partial charge in [0.15, 0.2) is 0 Å². The van der Waals surface area contributed by atoms with Gasteiger partial charge in [0.2, 0.25) is 0 Å². The van der Waals surface area contributed by atoms with E-state index in [4.69, 9.17) is 0 Å². The van der Waals surface area contributed by atoms with Crippen LogP contribution in [-0.4, -0.2) is 11.5 Å². The Labute approximate surface area is 119 Å². The SMILES string of the molecule is CCNC(Cc1ccc(CC)s1)c1cnccc1C. The number of aryl methyl sites for hydroxylation is 2. The molecule has 102 valence electrons. The molecule has 0 radical (unpaired) electrons. The lowest BCUT2D eigenvalue weighted by Gasteiger charge is -2.19. The number of likely N-dealkylation sites (N-methyl/N-ethyl adjacent to an activating group) is 1. The third kappa shape index (κ3) is 3.64. The lowest BCUT2D eigenvalue weighted by atomic mass is 10.0. The molecule has 0 aliphatic carbocycles. The second-order valence-corrected chi connectivity index (χ2v) is 6.02. The van der Waals surface area contributed by atoms with E-state index in [9.17, 15) is 0 Å². The average molecular weight is 274 g/mol. The first-order chi connectivity index (χ1) is 9.24. The molecule has 19 heavy (non-hydrogen) atoms. The zero-order chi connectivity index (χ0) is 13.7. The Balaban J connectivity index is 2.18. The Bertz CT molecular complexity index is 519. The van der Waals surface area contributed by atoms with Crippen LogP contribution in [0.1, 0.15) is 40.8 Å². The van der Waals surface area contributed by atoms with Gasteiger partial charge in [-0.2, -0.15) is 0 Å². The average Bonchev–Trinajstić information content (AvgIpc) is 2.87. The molecular formula is C16H22N2S. The minimum Gasteiger partial charge on any atom is -0.310 e. The van der Waals surface area contributed by atoms with Crippen molar-refractivity contribution in [2.75, 3.05) is 6.54 Å². The van der Waals surface area contributed by atoms with E-state index in [1.54, 1.807) is 0 Å². The van der Waals surface area contributed by atoms with Crippen molar-refractivity contribution < 1.29 is 0 Å². The summed E-state index contributed by atoms with van der Waals surface area (Å²) in [6.45, 7) is 7.51. The molecular weight excluding hydrogens is 252 g/mol. The molecule has 0 aliphatic heterocycles. The van der Waals surface area contributed by atoms with Crippen molar-refractivity contribution in [2.45, 2.75) is 39.7 Å². The third-order valence-corrected chi connectivity index (χ3v) is 4.63. The van der Waals surface area contributed by atoms with Crippen LogP contribution in [0.2, 0.25) is 0 Å². The van der Waals surface area contributed by atoms with Crippen LogP contribution in [0.25, 0.3) is 0 Å². The van der Waals surface area contributed by atoms with Gasteiger partial charge in [0.05, 0.1) is 0 Å². The van der Waals surface area contributed by atoms with Gasteiger partial charge in [-0.15, -0.1) is 11.3 Å². The Morgan fingerprint density at radius 1 is 1.21 bits per heavy atom. The van der Waals surface area contributed by atoms with Gasteiger partial charge in [0.1, 0.15) is 0 Å². The molecule has 1 atom stereocenters. The van der Waals surface area contributed by atoms with Crippen molar-refractivity contribution in [1.29, 1.82) is 0 Å². The second-order valence-electron chi connectivity index (χ2n) is 4.77. The highest BCUT2D eigenvalue weighted by molar-refractivity contribution is 7.11. The molecule has 2 aromatic rings. The summed E-state index contributed by atoms with van der Waals surface area (Å²) in [6, 6.07) is 6.96. The molecule has 0 fully saturated rings. The predicted molar refractivity (Wildman–Crippen MR) is 82.8 cm³/mol. The smallest absolute Gasteiger partial charge is 0.0386 e. The predicted octanol–water partition coefficient (Wildman–Crippen LogP) is 3.91. The zero-order valence-electron chi connectivity index (χ0n) is 11.9. The maximum atomic E-state index is 4.28. The first-order valence-electron chi connectivity index (χ1n) is 6.96. The summed E-state index contributed by atoms with van der Waals surface area (Å²) >= 11 is 1.93. The van der Waals surface area contributed by atoms with E-state index < -0.39 is 0 Å². The van der Waals surface area contributed by atoms with Crippen LogP contribution in [0.4, 0.5) is 0 Å². The van der Waals surface area contributed by atoms with Crippen LogP contribution in [0.15, 0.2) is 30.6 Å². The molecule has 0 saturated heterocycles. The van der Waals surface area contributed by atoms with Crippen molar-refractivity contribution in [1.82, 2.24) is 10.3 Å². The fraction of sp³-hybridized carbons (Fsp3) is 0.438. The molecule has 0 aromatic carbocycles. The fourth-order valence-corrected chi connectivity index (χ4v) is 3.31. The number of rotatable bonds is 6. The molecule has 0 bridgehead atoms. The molecule has 1 unspecified atom stereocenters. The van der Waals surface area contributed by atoms with Crippen molar-refractivity contribution >= 4 is 11.3 Å². The molecule has 3 heteroatoms. The summed E-state index contributed by atoms with van der Waals surface area (Å²) in [7, 11) is 0. The maximum absolute atomic E-state index is 4.28. The fourth-order valence-electron chi connectivity index (χ4n) is 2.30. The molecule has 2 heterocycles. The van der Waals surface area contributed by atoms with Gasteiger partial charge in [0, 0.05) is 34.6 Å². The van der Waals surface area contributed by atoms with Crippen LogP contribution < -0.4 is 5.32 Å². The summed E-state index contributed by atoms with van der Waals surface area (Å²) in [5.74, 6) is 0. The summed E-state index contributed by atoms with van der Waals surface area (Å²) < 4.78 is 0.